The summed E-state index contributed by atoms with van der Waals surface area (Å²) in [6.45, 7) is 8.60. The molecule has 0 aromatic heterocycles. The van der Waals surface area contributed by atoms with Crippen LogP contribution in [0.2, 0.25) is 0 Å². The molecule has 0 unspecified atom stereocenters. The highest BCUT2D eigenvalue weighted by Gasteiger charge is 2.11. The van der Waals surface area contributed by atoms with Gasteiger partial charge < -0.3 is 10.1 Å². The van der Waals surface area contributed by atoms with Gasteiger partial charge in [-0.05, 0) is 25.0 Å². The van der Waals surface area contributed by atoms with Crippen LogP contribution in [-0.2, 0) is 4.74 Å². The summed E-state index contributed by atoms with van der Waals surface area (Å²) < 4.78 is 5.48. The zero-order valence-electron chi connectivity index (χ0n) is 13.4. The fraction of sp³-hybridized carbons (Fsp3) is 0.588. The van der Waals surface area contributed by atoms with Crippen LogP contribution in [-0.4, -0.2) is 30.9 Å². The Hall–Kier alpha value is -1.00. The lowest BCUT2D eigenvalue weighted by molar-refractivity contribution is 0.0937. The highest BCUT2D eigenvalue weighted by Crippen LogP contribution is 2.26. The second-order valence-corrected chi connectivity index (χ2v) is 6.86. The molecule has 0 radical (unpaired) electrons. The van der Waals surface area contributed by atoms with E-state index in [1.807, 2.05) is 24.3 Å². The molecule has 0 aliphatic heterocycles. The predicted molar refractivity (Wildman–Crippen MR) is 90.1 cm³/mol. The second-order valence-electron chi connectivity index (χ2n) is 5.24. The minimum absolute atomic E-state index is 0.00677. The zero-order valence-corrected chi connectivity index (χ0v) is 14.2. The van der Waals surface area contributed by atoms with E-state index >= 15 is 0 Å². The first-order chi connectivity index (χ1) is 10.1. The van der Waals surface area contributed by atoms with E-state index in [9.17, 15) is 4.79 Å². The van der Waals surface area contributed by atoms with Gasteiger partial charge in [-0.15, -0.1) is 11.8 Å². The standard InChI is InChI=1S/C17H27NO2S/c1-4-5-12-20-13-8-11-18-17(19)15-9-6-7-10-16(15)21-14(2)3/h6-7,9-10,14H,4-5,8,11-13H2,1-3H3,(H,18,19). The Bertz CT molecular complexity index is 421. The van der Waals surface area contributed by atoms with E-state index in [4.69, 9.17) is 4.74 Å². The Balaban J connectivity index is 2.35. The van der Waals surface area contributed by atoms with Crippen molar-refractivity contribution in [1.82, 2.24) is 5.32 Å². The summed E-state index contributed by atoms with van der Waals surface area (Å²) in [6.07, 6.45) is 3.11. The Kier molecular flexibility index (Phi) is 9.19. The number of unbranched alkanes of at least 4 members (excludes halogenated alkanes) is 1. The smallest absolute Gasteiger partial charge is 0.252 e. The summed E-state index contributed by atoms with van der Waals surface area (Å²) in [6, 6.07) is 7.78. The van der Waals surface area contributed by atoms with Crippen molar-refractivity contribution in [2.75, 3.05) is 19.8 Å². The average molecular weight is 309 g/mol. The zero-order chi connectivity index (χ0) is 15.5. The number of hydrogen-bond donors (Lipinski definition) is 1. The Morgan fingerprint density at radius 2 is 1.95 bits per heavy atom. The van der Waals surface area contributed by atoms with Gasteiger partial charge in [-0.3, -0.25) is 4.79 Å². The van der Waals surface area contributed by atoms with Crippen molar-refractivity contribution < 1.29 is 9.53 Å². The van der Waals surface area contributed by atoms with Gasteiger partial charge in [-0.1, -0.05) is 39.3 Å². The number of amides is 1. The molecular weight excluding hydrogens is 282 g/mol. The number of hydrogen-bond acceptors (Lipinski definition) is 3. The van der Waals surface area contributed by atoms with E-state index in [2.05, 4.69) is 26.1 Å². The summed E-state index contributed by atoms with van der Waals surface area (Å²) in [5, 5.41) is 3.44. The lowest BCUT2D eigenvalue weighted by Crippen LogP contribution is -2.25. The molecule has 0 aliphatic carbocycles. The van der Waals surface area contributed by atoms with Crippen LogP contribution in [0, 0.1) is 0 Å². The molecule has 0 saturated heterocycles. The molecule has 0 aliphatic rings. The van der Waals surface area contributed by atoms with Gasteiger partial charge in [0, 0.05) is 29.9 Å². The molecule has 0 saturated carbocycles. The lowest BCUT2D eigenvalue weighted by atomic mass is 10.2. The van der Waals surface area contributed by atoms with Gasteiger partial charge in [0.15, 0.2) is 0 Å². The SMILES string of the molecule is CCCCOCCCNC(=O)c1ccccc1SC(C)C. The molecule has 21 heavy (non-hydrogen) atoms. The fourth-order valence-electron chi connectivity index (χ4n) is 1.83. The van der Waals surface area contributed by atoms with Crippen LogP contribution in [0.1, 0.15) is 50.4 Å². The fourth-order valence-corrected chi connectivity index (χ4v) is 2.78. The van der Waals surface area contributed by atoms with Crippen molar-refractivity contribution in [2.45, 2.75) is 50.2 Å². The molecule has 0 bridgehead atoms. The maximum Gasteiger partial charge on any atom is 0.252 e. The van der Waals surface area contributed by atoms with Gasteiger partial charge in [-0.25, -0.2) is 0 Å². The average Bonchev–Trinajstić information content (AvgIpc) is 2.46. The van der Waals surface area contributed by atoms with E-state index in [-0.39, 0.29) is 5.91 Å². The van der Waals surface area contributed by atoms with Crippen LogP contribution in [0.5, 0.6) is 0 Å². The van der Waals surface area contributed by atoms with Crippen LogP contribution in [0.15, 0.2) is 29.2 Å². The van der Waals surface area contributed by atoms with Crippen molar-refractivity contribution in [3.05, 3.63) is 29.8 Å². The van der Waals surface area contributed by atoms with Crippen LogP contribution in [0.4, 0.5) is 0 Å². The summed E-state index contributed by atoms with van der Waals surface area (Å²) in [7, 11) is 0. The molecule has 1 N–H and O–H groups in total. The monoisotopic (exact) mass is 309 g/mol. The van der Waals surface area contributed by atoms with Gasteiger partial charge >= 0.3 is 0 Å². The molecular formula is C17H27NO2S. The lowest BCUT2D eigenvalue weighted by Gasteiger charge is -2.11. The second kappa shape index (κ2) is 10.7. The minimum Gasteiger partial charge on any atom is -0.381 e. The Morgan fingerprint density at radius 3 is 2.67 bits per heavy atom. The third kappa shape index (κ3) is 7.53. The maximum atomic E-state index is 12.2. The van der Waals surface area contributed by atoms with E-state index in [0.717, 1.165) is 36.3 Å². The molecule has 1 aromatic carbocycles. The Morgan fingerprint density at radius 1 is 1.24 bits per heavy atom. The van der Waals surface area contributed by atoms with Gasteiger partial charge in [0.05, 0.1) is 5.56 Å². The number of carbonyl (C=O) groups excluding carboxylic acids is 1. The largest absolute Gasteiger partial charge is 0.381 e. The highest BCUT2D eigenvalue weighted by molar-refractivity contribution is 8.00. The third-order valence-corrected chi connectivity index (χ3v) is 3.97. The van der Waals surface area contributed by atoms with Crippen molar-refractivity contribution >= 4 is 17.7 Å². The molecule has 118 valence electrons. The van der Waals surface area contributed by atoms with Crippen LogP contribution < -0.4 is 5.32 Å². The minimum atomic E-state index is 0.00677. The first-order valence-corrected chi connectivity index (χ1v) is 8.64. The maximum absolute atomic E-state index is 12.2. The first kappa shape index (κ1) is 18.1. The van der Waals surface area contributed by atoms with Crippen LogP contribution >= 0.6 is 11.8 Å². The summed E-state index contributed by atoms with van der Waals surface area (Å²) in [5.41, 5.74) is 0.767. The Labute approximate surface area is 132 Å². The van der Waals surface area contributed by atoms with Crippen molar-refractivity contribution in [3.63, 3.8) is 0 Å². The van der Waals surface area contributed by atoms with Gasteiger partial charge in [0.25, 0.3) is 5.91 Å². The number of thioether (sulfide) groups is 1. The number of carbonyl (C=O) groups is 1. The van der Waals surface area contributed by atoms with E-state index in [1.165, 1.54) is 0 Å². The third-order valence-electron chi connectivity index (χ3n) is 2.89. The predicted octanol–water partition coefficient (Wildman–Crippen LogP) is 4.12. The number of ether oxygens (including phenoxy) is 1. The summed E-state index contributed by atoms with van der Waals surface area (Å²) >= 11 is 1.72. The van der Waals surface area contributed by atoms with E-state index in [0.29, 0.717) is 18.4 Å². The molecule has 1 aromatic rings. The first-order valence-electron chi connectivity index (χ1n) is 7.76. The normalized spacial score (nSPS) is 10.9. The van der Waals surface area contributed by atoms with Crippen LogP contribution in [0.3, 0.4) is 0 Å². The molecule has 0 fully saturated rings. The number of benzene rings is 1. The molecule has 4 heteroatoms. The van der Waals surface area contributed by atoms with E-state index < -0.39 is 0 Å². The molecule has 3 nitrogen and oxygen atoms in total. The number of nitrogens with one attached hydrogen (secondary N) is 1. The van der Waals surface area contributed by atoms with Crippen LogP contribution in [0.25, 0.3) is 0 Å². The molecule has 0 heterocycles. The topological polar surface area (TPSA) is 38.3 Å². The summed E-state index contributed by atoms with van der Waals surface area (Å²) in [4.78, 5) is 13.3. The van der Waals surface area contributed by atoms with E-state index in [1.54, 1.807) is 11.8 Å². The van der Waals surface area contributed by atoms with Gasteiger partial charge in [0.1, 0.15) is 0 Å². The quantitative estimate of drug-likeness (QED) is 0.522. The molecule has 1 rings (SSSR count). The van der Waals surface area contributed by atoms with Crippen molar-refractivity contribution in [3.8, 4) is 0 Å². The van der Waals surface area contributed by atoms with Crippen molar-refractivity contribution in [1.29, 1.82) is 0 Å². The molecule has 0 atom stereocenters. The molecule has 1 amide bonds. The highest BCUT2D eigenvalue weighted by atomic mass is 32.2. The van der Waals surface area contributed by atoms with Gasteiger partial charge in [-0.2, -0.15) is 0 Å². The molecule has 0 spiro atoms. The number of rotatable bonds is 10. The summed E-state index contributed by atoms with van der Waals surface area (Å²) in [5.74, 6) is 0.00677. The van der Waals surface area contributed by atoms with Gasteiger partial charge in [0.2, 0.25) is 0 Å². The van der Waals surface area contributed by atoms with Crippen molar-refractivity contribution in [2.24, 2.45) is 0 Å².